The van der Waals surface area contributed by atoms with Crippen molar-refractivity contribution in [3.63, 3.8) is 0 Å². The first-order valence-electron chi connectivity index (χ1n) is 16.9. The second-order valence-electron chi connectivity index (χ2n) is 12.6. The van der Waals surface area contributed by atoms with Gasteiger partial charge in [0, 0.05) is 49.6 Å². The van der Waals surface area contributed by atoms with Gasteiger partial charge in [0.15, 0.2) is 5.82 Å². The van der Waals surface area contributed by atoms with E-state index < -0.39 is 0 Å². The lowest BCUT2D eigenvalue weighted by Crippen LogP contribution is -1.97. The van der Waals surface area contributed by atoms with Crippen LogP contribution in [-0.2, 0) is 0 Å². The van der Waals surface area contributed by atoms with Crippen molar-refractivity contribution in [2.24, 2.45) is 0 Å². The molecule has 0 fully saturated rings. The van der Waals surface area contributed by atoms with E-state index in [1.165, 1.54) is 43.6 Å². The van der Waals surface area contributed by atoms with E-state index in [2.05, 4.69) is 155 Å². The summed E-state index contributed by atoms with van der Waals surface area (Å²) in [5.74, 6) is 0.702. The number of aromatic nitrogens is 4. The van der Waals surface area contributed by atoms with Crippen molar-refractivity contribution in [1.29, 1.82) is 0 Å². The van der Waals surface area contributed by atoms with Crippen LogP contribution in [0.15, 0.2) is 182 Å². The maximum atomic E-state index is 5.06. The van der Waals surface area contributed by atoms with Crippen LogP contribution in [0.5, 0.6) is 0 Å². The maximum Gasteiger partial charge on any atom is 0.160 e. The van der Waals surface area contributed by atoms with E-state index in [4.69, 9.17) is 9.97 Å². The molecule has 3 heterocycles. The molecule has 10 rings (SSSR count). The number of fused-ring (bicyclic) bond motifs is 7. The minimum atomic E-state index is 0.702. The van der Waals surface area contributed by atoms with Crippen LogP contribution in [0.4, 0.5) is 0 Å². The highest BCUT2D eigenvalue weighted by Gasteiger charge is 2.21. The van der Waals surface area contributed by atoms with E-state index in [1.807, 2.05) is 36.4 Å². The summed E-state index contributed by atoms with van der Waals surface area (Å²) >= 11 is 0. The Kier molecular flexibility index (Phi) is 6.46. The molecule has 7 aromatic carbocycles. The highest BCUT2D eigenvalue weighted by Crippen LogP contribution is 2.42. The molecule has 234 valence electrons. The molecule has 0 amide bonds. The molecule has 0 aliphatic heterocycles. The van der Waals surface area contributed by atoms with Crippen LogP contribution >= 0.6 is 0 Å². The molecule has 0 unspecified atom stereocenters. The summed E-state index contributed by atoms with van der Waals surface area (Å²) in [4.78, 5) is 10.1. The molecule has 0 saturated carbocycles. The van der Waals surface area contributed by atoms with Gasteiger partial charge in [-0.25, -0.2) is 9.97 Å². The Hall–Kier alpha value is -6.78. The van der Waals surface area contributed by atoms with Gasteiger partial charge < -0.3 is 9.13 Å². The van der Waals surface area contributed by atoms with E-state index >= 15 is 0 Å². The second kappa shape index (κ2) is 11.4. The zero-order valence-electron chi connectivity index (χ0n) is 27.1. The topological polar surface area (TPSA) is 35.6 Å². The van der Waals surface area contributed by atoms with Crippen molar-refractivity contribution < 1.29 is 0 Å². The van der Waals surface area contributed by atoms with Gasteiger partial charge in [-0.15, -0.1) is 0 Å². The number of nitrogens with zero attached hydrogens (tertiary/aromatic N) is 4. The van der Waals surface area contributed by atoms with Gasteiger partial charge in [-0.3, -0.25) is 0 Å². The van der Waals surface area contributed by atoms with Crippen molar-refractivity contribution >= 4 is 43.6 Å². The van der Waals surface area contributed by atoms with Crippen LogP contribution in [0.3, 0.4) is 0 Å². The predicted molar refractivity (Wildman–Crippen MR) is 207 cm³/mol. The smallest absolute Gasteiger partial charge is 0.160 e. The van der Waals surface area contributed by atoms with Crippen LogP contribution in [0, 0.1) is 0 Å². The van der Waals surface area contributed by atoms with Crippen LogP contribution in [0.25, 0.3) is 88.9 Å². The molecule has 3 aromatic heterocycles. The SMILES string of the molecule is c1ccc(-c2cc(-c3ccccc3)nc(-c3ccc(-n4c5ccccc5c5c4ccc4c6ccccc6n(-c6ccccc6)c45)cc3)n2)cc1. The van der Waals surface area contributed by atoms with Crippen LogP contribution in [0.1, 0.15) is 0 Å². The molecule has 10 aromatic rings. The van der Waals surface area contributed by atoms with Gasteiger partial charge in [0.25, 0.3) is 0 Å². The Morgan fingerprint density at radius 2 is 0.860 bits per heavy atom. The third-order valence-corrected chi connectivity index (χ3v) is 9.73. The van der Waals surface area contributed by atoms with Crippen molar-refractivity contribution in [3.05, 3.63) is 182 Å². The first-order valence-corrected chi connectivity index (χ1v) is 16.9. The quantitative estimate of drug-likeness (QED) is 0.188. The number of benzene rings is 7. The zero-order valence-corrected chi connectivity index (χ0v) is 27.1. The molecule has 0 radical (unpaired) electrons. The zero-order chi connectivity index (χ0) is 33.0. The third-order valence-electron chi connectivity index (χ3n) is 9.73. The molecule has 0 aliphatic carbocycles. The van der Waals surface area contributed by atoms with Crippen LogP contribution in [0.2, 0.25) is 0 Å². The van der Waals surface area contributed by atoms with Crippen molar-refractivity contribution in [2.45, 2.75) is 0 Å². The fraction of sp³-hybridized carbons (Fsp3) is 0. The molecule has 50 heavy (non-hydrogen) atoms. The Labute approximate surface area is 289 Å². The molecule has 0 bridgehead atoms. The molecular formula is C46H30N4. The second-order valence-corrected chi connectivity index (χ2v) is 12.6. The monoisotopic (exact) mass is 638 g/mol. The summed E-state index contributed by atoms with van der Waals surface area (Å²) in [6.07, 6.45) is 0. The molecule has 0 N–H and O–H groups in total. The first-order chi connectivity index (χ1) is 24.8. The standard InChI is InChI=1S/C46H30N4/c1-4-14-31(15-5-1)39-30-40(32-16-6-2-7-17-32)48-46(47-39)33-24-26-35(27-25-33)49-42-23-13-11-21-38(42)44-43(49)29-28-37-36-20-10-12-22-41(36)50(45(37)44)34-18-8-3-9-19-34/h1-30H. The Balaban J connectivity index is 1.18. The van der Waals surface area contributed by atoms with Crippen molar-refractivity contribution in [1.82, 2.24) is 19.1 Å². The lowest BCUT2D eigenvalue weighted by atomic mass is 10.1. The molecule has 0 saturated heterocycles. The maximum absolute atomic E-state index is 5.06. The largest absolute Gasteiger partial charge is 0.309 e. The molecule has 4 heteroatoms. The number of hydrogen-bond donors (Lipinski definition) is 0. The number of rotatable bonds is 5. The van der Waals surface area contributed by atoms with Gasteiger partial charge in [0.1, 0.15) is 0 Å². The summed E-state index contributed by atoms with van der Waals surface area (Å²) in [6, 6.07) is 64.2. The summed E-state index contributed by atoms with van der Waals surface area (Å²) in [6.45, 7) is 0. The van der Waals surface area contributed by atoms with Gasteiger partial charge >= 0.3 is 0 Å². The van der Waals surface area contributed by atoms with Crippen molar-refractivity contribution in [3.8, 4) is 45.3 Å². The van der Waals surface area contributed by atoms with Crippen molar-refractivity contribution in [2.75, 3.05) is 0 Å². The normalized spacial score (nSPS) is 11.6. The van der Waals surface area contributed by atoms with E-state index in [-0.39, 0.29) is 0 Å². The molecular weight excluding hydrogens is 609 g/mol. The average molecular weight is 639 g/mol. The minimum Gasteiger partial charge on any atom is -0.309 e. The third kappa shape index (κ3) is 4.46. The van der Waals surface area contributed by atoms with E-state index in [0.29, 0.717) is 5.82 Å². The average Bonchev–Trinajstić information content (AvgIpc) is 3.72. The Morgan fingerprint density at radius 1 is 0.340 bits per heavy atom. The highest BCUT2D eigenvalue weighted by molar-refractivity contribution is 6.26. The molecule has 4 nitrogen and oxygen atoms in total. The predicted octanol–water partition coefficient (Wildman–Crippen LogP) is 11.7. The highest BCUT2D eigenvalue weighted by atomic mass is 15.0. The summed E-state index contributed by atoms with van der Waals surface area (Å²) < 4.78 is 4.81. The minimum absolute atomic E-state index is 0.702. The lowest BCUT2D eigenvalue weighted by Gasteiger charge is -2.12. The lowest BCUT2D eigenvalue weighted by molar-refractivity contribution is 1.16. The van der Waals surface area contributed by atoms with Gasteiger partial charge in [-0.2, -0.15) is 0 Å². The summed E-state index contributed by atoms with van der Waals surface area (Å²) in [7, 11) is 0. The van der Waals surface area contributed by atoms with Gasteiger partial charge in [-0.05, 0) is 60.7 Å². The molecule has 0 spiro atoms. The Bertz CT molecular complexity index is 2770. The van der Waals surface area contributed by atoms with Gasteiger partial charge in [0.2, 0.25) is 0 Å². The molecule has 0 atom stereocenters. The van der Waals surface area contributed by atoms with Gasteiger partial charge in [-0.1, -0.05) is 121 Å². The molecule has 0 aliphatic rings. The van der Waals surface area contributed by atoms with Gasteiger partial charge in [0.05, 0.1) is 33.5 Å². The fourth-order valence-electron chi connectivity index (χ4n) is 7.48. The fourth-order valence-corrected chi connectivity index (χ4v) is 7.48. The number of para-hydroxylation sites is 3. The van der Waals surface area contributed by atoms with E-state index in [1.54, 1.807) is 0 Å². The summed E-state index contributed by atoms with van der Waals surface area (Å²) in [5.41, 5.74) is 11.9. The van der Waals surface area contributed by atoms with Crippen LogP contribution < -0.4 is 0 Å². The van der Waals surface area contributed by atoms with E-state index in [9.17, 15) is 0 Å². The number of hydrogen-bond acceptors (Lipinski definition) is 2. The Morgan fingerprint density at radius 3 is 1.50 bits per heavy atom. The summed E-state index contributed by atoms with van der Waals surface area (Å²) in [5, 5.41) is 4.97. The first kappa shape index (κ1) is 28.3. The van der Waals surface area contributed by atoms with E-state index in [0.717, 1.165) is 39.5 Å². The van der Waals surface area contributed by atoms with Crippen LogP contribution in [-0.4, -0.2) is 19.1 Å².